The van der Waals surface area contributed by atoms with Gasteiger partial charge >= 0.3 is 0 Å². The van der Waals surface area contributed by atoms with E-state index in [2.05, 4.69) is 5.32 Å². The zero-order valence-electron chi connectivity index (χ0n) is 10.4. The Labute approximate surface area is 92.2 Å². The van der Waals surface area contributed by atoms with Crippen molar-refractivity contribution in [2.24, 2.45) is 5.73 Å². The van der Waals surface area contributed by atoms with Gasteiger partial charge in [0.1, 0.15) is 0 Å². The van der Waals surface area contributed by atoms with Crippen LogP contribution in [0.15, 0.2) is 0 Å². The first-order valence-corrected chi connectivity index (χ1v) is 5.49. The van der Waals surface area contributed by atoms with Crippen LogP contribution in [0.3, 0.4) is 0 Å². The van der Waals surface area contributed by atoms with Gasteiger partial charge in [-0.15, -0.1) is 0 Å². The number of carbonyl (C=O) groups is 1. The first-order chi connectivity index (χ1) is 6.69. The number of nitrogens with two attached hydrogens (primary N) is 1. The van der Waals surface area contributed by atoms with Gasteiger partial charge in [0, 0.05) is 0 Å². The molecule has 0 aliphatic rings. The van der Waals surface area contributed by atoms with Gasteiger partial charge in [-0.05, 0) is 33.6 Å². The van der Waals surface area contributed by atoms with Gasteiger partial charge in [-0.1, -0.05) is 13.8 Å². The highest BCUT2D eigenvalue weighted by atomic mass is 16.3. The molecule has 0 rings (SSSR count). The molecule has 0 aromatic carbocycles. The normalized spacial score (nSPS) is 14.9. The molecular weight excluding hydrogens is 192 g/mol. The number of hydrogen-bond donors (Lipinski definition) is 3. The van der Waals surface area contributed by atoms with Crippen LogP contribution in [-0.4, -0.2) is 28.2 Å². The monoisotopic (exact) mass is 216 g/mol. The molecule has 4 N–H and O–H groups in total. The molecule has 90 valence electrons. The maximum atomic E-state index is 11.9. The van der Waals surface area contributed by atoms with Crippen LogP contribution in [0, 0.1) is 0 Å². The minimum Gasteiger partial charge on any atom is -0.391 e. The van der Waals surface area contributed by atoms with Crippen molar-refractivity contribution in [1.82, 2.24) is 5.32 Å². The van der Waals surface area contributed by atoms with Crippen LogP contribution in [0.25, 0.3) is 0 Å². The third kappa shape index (κ3) is 3.47. The van der Waals surface area contributed by atoms with Crippen molar-refractivity contribution in [3.05, 3.63) is 0 Å². The molecule has 0 radical (unpaired) electrons. The Balaban J connectivity index is 4.62. The highest BCUT2D eigenvalue weighted by Gasteiger charge is 2.35. The maximum absolute atomic E-state index is 11.9. The standard InChI is InChI=1S/C11H24N2O2/c1-6-11(12,7-2)9(15)13-10(4,5)8(3)14/h8,14H,6-7,12H2,1-5H3,(H,13,15). The topological polar surface area (TPSA) is 75.4 Å². The lowest BCUT2D eigenvalue weighted by Crippen LogP contribution is -2.61. The Morgan fingerprint density at radius 2 is 1.80 bits per heavy atom. The van der Waals surface area contributed by atoms with E-state index >= 15 is 0 Å². The van der Waals surface area contributed by atoms with E-state index in [1.54, 1.807) is 20.8 Å². The molecule has 0 saturated carbocycles. The Kier molecular flexibility index (Phi) is 4.74. The summed E-state index contributed by atoms with van der Waals surface area (Å²) < 4.78 is 0. The van der Waals surface area contributed by atoms with Crippen LogP contribution < -0.4 is 11.1 Å². The number of hydrogen-bond acceptors (Lipinski definition) is 3. The van der Waals surface area contributed by atoms with Gasteiger partial charge in [-0.2, -0.15) is 0 Å². The fourth-order valence-electron chi connectivity index (χ4n) is 1.09. The molecule has 0 aromatic heterocycles. The average Bonchev–Trinajstić information content (AvgIpc) is 2.15. The predicted molar refractivity (Wildman–Crippen MR) is 61.4 cm³/mol. The van der Waals surface area contributed by atoms with Crippen LogP contribution in [-0.2, 0) is 4.79 Å². The number of amides is 1. The molecule has 0 saturated heterocycles. The molecular formula is C11H24N2O2. The highest BCUT2D eigenvalue weighted by Crippen LogP contribution is 2.15. The van der Waals surface area contributed by atoms with E-state index in [0.717, 1.165) is 0 Å². The van der Waals surface area contributed by atoms with E-state index < -0.39 is 17.2 Å². The Morgan fingerprint density at radius 3 is 2.07 bits per heavy atom. The number of rotatable bonds is 5. The van der Waals surface area contributed by atoms with Gasteiger partial charge in [0.05, 0.1) is 17.2 Å². The molecule has 4 nitrogen and oxygen atoms in total. The molecule has 0 aliphatic carbocycles. The summed E-state index contributed by atoms with van der Waals surface area (Å²) in [6.07, 6.45) is 0.565. The molecule has 1 atom stereocenters. The van der Waals surface area contributed by atoms with E-state index in [1.165, 1.54) is 0 Å². The van der Waals surface area contributed by atoms with Crippen molar-refractivity contribution in [3.8, 4) is 0 Å². The molecule has 1 amide bonds. The van der Waals surface area contributed by atoms with Crippen LogP contribution in [0.5, 0.6) is 0 Å². The lowest BCUT2D eigenvalue weighted by atomic mass is 9.90. The molecule has 0 heterocycles. The SMILES string of the molecule is CCC(N)(CC)C(=O)NC(C)(C)C(C)O. The van der Waals surface area contributed by atoms with E-state index in [1.807, 2.05) is 13.8 Å². The van der Waals surface area contributed by atoms with Crippen molar-refractivity contribution in [1.29, 1.82) is 0 Å². The Bertz CT molecular complexity index is 221. The van der Waals surface area contributed by atoms with Crippen molar-refractivity contribution in [2.45, 2.75) is 64.6 Å². The van der Waals surface area contributed by atoms with Gasteiger partial charge in [0.25, 0.3) is 0 Å². The largest absolute Gasteiger partial charge is 0.391 e. The summed E-state index contributed by atoms with van der Waals surface area (Å²) in [5, 5.41) is 12.3. The first-order valence-electron chi connectivity index (χ1n) is 5.49. The fraction of sp³-hybridized carbons (Fsp3) is 0.909. The van der Waals surface area contributed by atoms with Crippen LogP contribution in [0.1, 0.15) is 47.5 Å². The van der Waals surface area contributed by atoms with Crippen molar-refractivity contribution < 1.29 is 9.90 Å². The molecule has 15 heavy (non-hydrogen) atoms. The van der Waals surface area contributed by atoms with Crippen LogP contribution >= 0.6 is 0 Å². The summed E-state index contributed by atoms with van der Waals surface area (Å²) in [5.41, 5.74) is 4.48. The predicted octanol–water partition coefficient (Wildman–Crippen LogP) is 0.779. The fourth-order valence-corrected chi connectivity index (χ4v) is 1.09. The summed E-state index contributed by atoms with van der Waals surface area (Å²) in [6, 6.07) is 0. The van der Waals surface area contributed by atoms with Gasteiger partial charge < -0.3 is 16.2 Å². The second-order valence-corrected chi connectivity index (χ2v) is 4.72. The highest BCUT2D eigenvalue weighted by molar-refractivity contribution is 5.86. The summed E-state index contributed by atoms with van der Waals surface area (Å²) >= 11 is 0. The van der Waals surface area contributed by atoms with Crippen LogP contribution in [0.2, 0.25) is 0 Å². The minimum absolute atomic E-state index is 0.196. The van der Waals surface area contributed by atoms with E-state index in [-0.39, 0.29) is 5.91 Å². The molecule has 1 unspecified atom stereocenters. The summed E-state index contributed by atoms with van der Waals surface area (Å²) in [6.45, 7) is 8.98. The van der Waals surface area contributed by atoms with E-state index in [0.29, 0.717) is 12.8 Å². The third-order valence-electron chi connectivity index (χ3n) is 3.19. The number of aliphatic hydroxyl groups is 1. The molecule has 0 bridgehead atoms. The lowest BCUT2D eigenvalue weighted by molar-refractivity contribution is -0.129. The van der Waals surface area contributed by atoms with Crippen molar-refractivity contribution >= 4 is 5.91 Å². The van der Waals surface area contributed by atoms with Gasteiger partial charge in [-0.3, -0.25) is 4.79 Å². The smallest absolute Gasteiger partial charge is 0.240 e. The van der Waals surface area contributed by atoms with Crippen molar-refractivity contribution in [3.63, 3.8) is 0 Å². The van der Waals surface area contributed by atoms with Crippen molar-refractivity contribution in [2.75, 3.05) is 0 Å². The summed E-state index contributed by atoms with van der Waals surface area (Å²) in [7, 11) is 0. The maximum Gasteiger partial charge on any atom is 0.240 e. The second-order valence-electron chi connectivity index (χ2n) is 4.72. The molecule has 0 spiro atoms. The van der Waals surface area contributed by atoms with Gasteiger partial charge in [0.15, 0.2) is 0 Å². The molecule has 0 aromatic rings. The zero-order valence-corrected chi connectivity index (χ0v) is 10.4. The molecule has 0 fully saturated rings. The van der Waals surface area contributed by atoms with E-state index in [4.69, 9.17) is 5.73 Å². The number of aliphatic hydroxyl groups excluding tert-OH is 1. The van der Waals surface area contributed by atoms with Gasteiger partial charge in [-0.25, -0.2) is 0 Å². The Morgan fingerprint density at radius 1 is 1.40 bits per heavy atom. The van der Waals surface area contributed by atoms with Crippen LogP contribution in [0.4, 0.5) is 0 Å². The van der Waals surface area contributed by atoms with E-state index in [9.17, 15) is 9.90 Å². The zero-order chi connectivity index (χ0) is 12.3. The Hall–Kier alpha value is -0.610. The second kappa shape index (κ2) is 4.94. The average molecular weight is 216 g/mol. The molecule has 0 aliphatic heterocycles. The molecule has 4 heteroatoms. The minimum atomic E-state index is -0.827. The third-order valence-corrected chi connectivity index (χ3v) is 3.19. The summed E-state index contributed by atoms with van der Waals surface area (Å²) in [4.78, 5) is 11.9. The first kappa shape index (κ1) is 14.4. The summed E-state index contributed by atoms with van der Waals surface area (Å²) in [5.74, 6) is -0.196. The number of nitrogens with one attached hydrogen (secondary N) is 1. The number of carbonyl (C=O) groups excluding carboxylic acids is 1. The van der Waals surface area contributed by atoms with Gasteiger partial charge in [0.2, 0.25) is 5.91 Å². The quantitative estimate of drug-likeness (QED) is 0.635. The lowest BCUT2D eigenvalue weighted by Gasteiger charge is -2.34.